The van der Waals surface area contributed by atoms with Crippen molar-refractivity contribution in [1.82, 2.24) is 15.5 Å². The molecule has 2 aliphatic heterocycles. The zero-order valence-corrected chi connectivity index (χ0v) is 10.7. The fourth-order valence-electron chi connectivity index (χ4n) is 2.10. The number of carbonyl (C=O) groups is 2. The highest BCUT2D eigenvalue weighted by molar-refractivity contribution is 7.99. The summed E-state index contributed by atoms with van der Waals surface area (Å²) in [5.74, 6) is 1.84. The monoisotopic (exact) mass is 257 g/mol. The number of likely N-dealkylation sites (tertiary alicyclic amines) is 1. The minimum absolute atomic E-state index is 0.0178. The van der Waals surface area contributed by atoms with Crippen LogP contribution in [0.1, 0.15) is 19.3 Å². The quantitative estimate of drug-likeness (QED) is 0.731. The molecule has 0 aromatic carbocycles. The molecule has 0 aliphatic carbocycles. The highest BCUT2D eigenvalue weighted by Gasteiger charge is 2.22. The van der Waals surface area contributed by atoms with E-state index in [0.29, 0.717) is 13.0 Å². The summed E-state index contributed by atoms with van der Waals surface area (Å²) in [4.78, 5) is 25.2. The number of amides is 2. The average molecular weight is 257 g/mol. The van der Waals surface area contributed by atoms with Gasteiger partial charge in [0.05, 0.1) is 6.04 Å². The van der Waals surface area contributed by atoms with E-state index in [1.807, 2.05) is 4.90 Å². The summed E-state index contributed by atoms with van der Waals surface area (Å²) < 4.78 is 0. The molecule has 2 saturated heterocycles. The molecular weight excluding hydrogens is 238 g/mol. The number of carbonyl (C=O) groups excluding carboxylic acids is 2. The molecule has 0 spiro atoms. The SMILES string of the molecule is O=C(NCCC(=O)N1CCCC1)C1CSCN1. The van der Waals surface area contributed by atoms with Gasteiger partial charge in [-0.1, -0.05) is 0 Å². The Morgan fingerprint density at radius 1 is 1.35 bits per heavy atom. The lowest BCUT2D eigenvalue weighted by molar-refractivity contribution is -0.130. The summed E-state index contributed by atoms with van der Waals surface area (Å²) >= 11 is 1.72. The van der Waals surface area contributed by atoms with Gasteiger partial charge in [-0.05, 0) is 12.8 Å². The minimum Gasteiger partial charge on any atom is -0.354 e. The Hall–Kier alpha value is -0.750. The van der Waals surface area contributed by atoms with E-state index in [-0.39, 0.29) is 17.9 Å². The second-order valence-electron chi connectivity index (χ2n) is 4.40. The first-order valence-corrected chi connectivity index (χ1v) is 7.29. The molecular formula is C11H19N3O2S. The van der Waals surface area contributed by atoms with Crippen molar-refractivity contribution in [2.75, 3.05) is 31.3 Å². The number of rotatable bonds is 4. The predicted octanol–water partition coefficient (Wildman–Crippen LogP) is -0.222. The zero-order chi connectivity index (χ0) is 12.1. The predicted molar refractivity (Wildman–Crippen MR) is 67.7 cm³/mol. The molecule has 96 valence electrons. The largest absolute Gasteiger partial charge is 0.354 e. The first-order valence-electron chi connectivity index (χ1n) is 6.14. The second kappa shape index (κ2) is 6.26. The van der Waals surface area contributed by atoms with Gasteiger partial charge in [0, 0.05) is 37.7 Å². The summed E-state index contributed by atoms with van der Waals surface area (Å²) in [6, 6.07) is -0.0816. The van der Waals surface area contributed by atoms with Crippen LogP contribution in [0.25, 0.3) is 0 Å². The Morgan fingerprint density at radius 3 is 2.76 bits per heavy atom. The van der Waals surface area contributed by atoms with Gasteiger partial charge in [-0.25, -0.2) is 0 Å². The summed E-state index contributed by atoms with van der Waals surface area (Å²) in [7, 11) is 0. The average Bonchev–Trinajstić information content (AvgIpc) is 3.02. The molecule has 0 radical (unpaired) electrons. The molecule has 1 atom stereocenters. The smallest absolute Gasteiger partial charge is 0.238 e. The van der Waals surface area contributed by atoms with Crippen molar-refractivity contribution in [3.8, 4) is 0 Å². The molecule has 17 heavy (non-hydrogen) atoms. The van der Waals surface area contributed by atoms with Crippen molar-refractivity contribution in [3.05, 3.63) is 0 Å². The maximum atomic E-state index is 11.7. The van der Waals surface area contributed by atoms with E-state index in [0.717, 1.165) is 37.6 Å². The van der Waals surface area contributed by atoms with Crippen molar-refractivity contribution in [1.29, 1.82) is 0 Å². The van der Waals surface area contributed by atoms with E-state index < -0.39 is 0 Å². The Morgan fingerprint density at radius 2 is 2.12 bits per heavy atom. The molecule has 2 heterocycles. The number of nitrogens with zero attached hydrogens (tertiary/aromatic N) is 1. The highest BCUT2D eigenvalue weighted by atomic mass is 32.2. The molecule has 0 aromatic rings. The highest BCUT2D eigenvalue weighted by Crippen LogP contribution is 2.10. The Kier molecular flexibility index (Phi) is 4.67. The Labute approximate surface area is 106 Å². The number of thioether (sulfide) groups is 1. The fraction of sp³-hybridized carbons (Fsp3) is 0.818. The Balaban J connectivity index is 1.61. The first kappa shape index (κ1) is 12.7. The van der Waals surface area contributed by atoms with E-state index in [1.54, 1.807) is 11.8 Å². The second-order valence-corrected chi connectivity index (χ2v) is 5.43. The van der Waals surface area contributed by atoms with Crippen LogP contribution in [-0.4, -0.2) is 54.0 Å². The van der Waals surface area contributed by atoms with Gasteiger partial charge in [0.2, 0.25) is 11.8 Å². The summed E-state index contributed by atoms with van der Waals surface area (Å²) in [5, 5.41) is 5.92. The van der Waals surface area contributed by atoms with Crippen LogP contribution >= 0.6 is 11.8 Å². The normalized spacial score (nSPS) is 24.0. The molecule has 1 unspecified atom stereocenters. The van der Waals surface area contributed by atoms with E-state index in [1.165, 1.54) is 0 Å². The van der Waals surface area contributed by atoms with E-state index in [9.17, 15) is 9.59 Å². The van der Waals surface area contributed by atoms with Crippen LogP contribution in [0, 0.1) is 0 Å². The summed E-state index contributed by atoms with van der Waals surface area (Å²) in [6.07, 6.45) is 2.65. The third-order valence-corrected chi connectivity index (χ3v) is 4.07. The van der Waals surface area contributed by atoms with Gasteiger partial charge in [-0.3, -0.25) is 14.9 Å². The van der Waals surface area contributed by atoms with Crippen LogP contribution < -0.4 is 10.6 Å². The lowest BCUT2D eigenvalue weighted by atomic mass is 10.3. The van der Waals surface area contributed by atoms with E-state index in [4.69, 9.17) is 0 Å². The molecule has 2 fully saturated rings. The van der Waals surface area contributed by atoms with Crippen LogP contribution in [-0.2, 0) is 9.59 Å². The first-order chi connectivity index (χ1) is 8.27. The molecule has 2 aliphatic rings. The lowest BCUT2D eigenvalue weighted by Crippen LogP contribution is -2.43. The van der Waals surface area contributed by atoms with Crippen LogP contribution in [0.3, 0.4) is 0 Å². The van der Waals surface area contributed by atoms with Gasteiger partial charge in [-0.15, -0.1) is 11.8 Å². The molecule has 0 bridgehead atoms. The maximum absolute atomic E-state index is 11.7. The van der Waals surface area contributed by atoms with Gasteiger partial charge in [0.25, 0.3) is 0 Å². The van der Waals surface area contributed by atoms with Gasteiger partial charge in [-0.2, -0.15) is 0 Å². The summed E-state index contributed by atoms with van der Waals surface area (Å²) in [6.45, 7) is 2.22. The van der Waals surface area contributed by atoms with E-state index in [2.05, 4.69) is 10.6 Å². The van der Waals surface area contributed by atoms with Gasteiger partial charge in [0.1, 0.15) is 0 Å². The Bertz CT molecular complexity index is 258. The van der Waals surface area contributed by atoms with Crippen LogP contribution in [0.15, 0.2) is 0 Å². The number of nitrogens with one attached hydrogen (secondary N) is 2. The topological polar surface area (TPSA) is 61.4 Å². The van der Waals surface area contributed by atoms with Gasteiger partial charge < -0.3 is 10.2 Å². The van der Waals surface area contributed by atoms with Crippen molar-refractivity contribution in [2.45, 2.75) is 25.3 Å². The molecule has 5 nitrogen and oxygen atoms in total. The van der Waals surface area contributed by atoms with E-state index >= 15 is 0 Å². The molecule has 2 N–H and O–H groups in total. The molecule has 2 amide bonds. The fourth-order valence-corrected chi connectivity index (χ4v) is 3.05. The standard InChI is InChI=1S/C11H19N3O2S/c15-10(14-5-1-2-6-14)3-4-12-11(16)9-7-17-8-13-9/h9,13H,1-8H2,(H,12,16). The van der Waals surface area contributed by atoms with Crippen LogP contribution in [0.4, 0.5) is 0 Å². The van der Waals surface area contributed by atoms with Crippen molar-refractivity contribution in [3.63, 3.8) is 0 Å². The molecule has 6 heteroatoms. The zero-order valence-electron chi connectivity index (χ0n) is 9.91. The van der Waals surface area contributed by atoms with Crippen LogP contribution in [0.2, 0.25) is 0 Å². The third kappa shape index (κ3) is 3.61. The maximum Gasteiger partial charge on any atom is 0.238 e. The minimum atomic E-state index is -0.0816. The number of hydrogen-bond donors (Lipinski definition) is 2. The van der Waals surface area contributed by atoms with Crippen molar-refractivity contribution in [2.24, 2.45) is 0 Å². The van der Waals surface area contributed by atoms with Crippen molar-refractivity contribution < 1.29 is 9.59 Å². The van der Waals surface area contributed by atoms with Gasteiger partial charge in [0.15, 0.2) is 0 Å². The number of hydrogen-bond acceptors (Lipinski definition) is 4. The van der Waals surface area contributed by atoms with Crippen molar-refractivity contribution >= 4 is 23.6 Å². The molecule has 2 rings (SSSR count). The molecule has 0 aromatic heterocycles. The van der Waals surface area contributed by atoms with Crippen LogP contribution in [0.5, 0.6) is 0 Å². The third-order valence-electron chi connectivity index (χ3n) is 3.13. The van der Waals surface area contributed by atoms with Gasteiger partial charge >= 0.3 is 0 Å². The summed E-state index contributed by atoms with van der Waals surface area (Å²) in [5.41, 5.74) is 0. The lowest BCUT2D eigenvalue weighted by Gasteiger charge is -2.16. The molecule has 0 saturated carbocycles.